The van der Waals surface area contributed by atoms with E-state index in [0.717, 1.165) is 4.68 Å². The number of anilines is 1. The van der Waals surface area contributed by atoms with E-state index in [9.17, 15) is 9.59 Å². The number of carbonyl (C=O) groups excluding carboxylic acids is 1. The molecule has 19 heavy (non-hydrogen) atoms. The van der Waals surface area contributed by atoms with E-state index in [2.05, 4.69) is 20.6 Å². The van der Waals surface area contributed by atoms with Gasteiger partial charge in [0.1, 0.15) is 0 Å². The zero-order valence-electron chi connectivity index (χ0n) is 10.4. The van der Waals surface area contributed by atoms with Crippen LogP contribution in [0.25, 0.3) is 0 Å². The number of nitrogens with zero attached hydrogens (tertiary/aromatic N) is 4. The highest BCUT2D eigenvalue weighted by atomic mass is 35.5. The SMILES string of the molecule is Cc1nnc(NC(=O)c2nn(C)c(=O)c(C)c2Cl)o1. The molecule has 9 heteroatoms. The first kappa shape index (κ1) is 13.2. The van der Waals surface area contributed by atoms with Crippen LogP contribution in [0.15, 0.2) is 9.21 Å². The summed E-state index contributed by atoms with van der Waals surface area (Å²) in [6.07, 6.45) is 0. The van der Waals surface area contributed by atoms with Crippen LogP contribution in [-0.4, -0.2) is 25.9 Å². The summed E-state index contributed by atoms with van der Waals surface area (Å²) >= 11 is 5.93. The Labute approximate surface area is 112 Å². The molecule has 0 aliphatic heterocycles. The number of aromatic nitrogens is 4. The molecular formula is C10H10ClN5O3. The zero-order chi connectivity index (χ0) is 14.2. The van der Waals surface area contributed by atoms with Crippen LogP contribution >= 0.6 is 11.6 Å². The van der Waals surface area contributed by atoms with Gasteiger partial charge in [-0.25, -0.2) is 4.68 Å². The molecule has 0 spiro atoms. The summed E-state index contributed by atoms with van der Waals surface area (Å²) in [5.41, 5.74) is -0.210. The van der Waals surface area contributed by atoms with Gasteiger partial charge in [0, 0.05) is 19.5 Å². The Morgan fingerprint density at radius 1 is 1.37 bits per heavy atom. The average Bonchev–Trinajstić information content (AvgIpc) is 2.76. The Bertz CT molecular complexity index is 706. The number of carbonyl (C=O) groups is 1. The smallest absolute Gasteiger partial charge is 0.322 e. The van der Waals surface area contributed by atoms with Crippen LogP contribution < -0.4 is 10.9 Å². The van der Waals surface area contributed by atoms with Crippen molar-refractivity contribution in [3.8, 4) is 0 Å². The first-order valence-corrected chi connectivity index (χ1v) is 5.63. The fourth-order valence-corrected chi connectivity index (χ4v) is 1.61. The molecule has 0 unspecified atom stereocenters. The molecule has 0 aromatic carbocycles. The van der Waals surface area contributed by atoms with Gasteiger partial charge in [0.15, 0.2) is 5.69 Å². The van der Waals surface area contributed by atoms with E-state index >= 15 is 0 Å². The maximum atomic E-state index is 12.0. The van der Waals surface area contributed by atoms with Crippen molar-refractivity contribution in [1.29, 1.82) is 0 Å². The molecule has 0 aliphatic rings. The van der Waals surface area contributed by atoms with Gasteiger partial charge in [-0.1, -0.05) is 16.7 Å². The fourth-order valence-electron chi connectivity index (χ4n) is 1.40. The Morgan fingerprint density at radius 3 is 2.63 bits per heavy atom. The van der Waals surface area contributed by atoms with Crippen molar-refractivity contribution >= 4 is 23.5 Å². The number of halogens is 1. The molecule has 100 valence electrons. The first-order chi connectivity index (χ1) is 8.90. The number of aryl methyl sites for hydroxylation is 2. The highest BCUT2D eigenvalue weighted by molar-refractivity contribution is 6.34. The second kappa shape index (κ2) is 4.81. The van der Waals surface area contributed by atoms with Gasteiger partial charge in [-0.3, -0.25) is 14.9 Å². The highest BCUT2D eigenvalue weighted by Crippen LogP contribution is 2.16. The molecule has 0 saturated carbocycles. The third kappa shape index (κ3) is 2.48. The standard InChI is InChI=1S/C10H10ClN5O3/c1-4-6(11)7(15-16(3)9(4)18)8(17)12-10-14-13-5(2)19-10/h1-3H3,(H,12,14,17). The molecule has 0 bridgehead atoms. The van der Waals surface area contributed by atoms with Crippen LogP contribution in [0.3, 0.4) is 0 Å². The number of rotatable bonds is 2. The topological polar surface area (TPSA) is 103 Å². The minimum absolute atomic E-state index is 0.00293. The van der Waals surface area contributed by atoms with E-state index in [1.807, 2.05) is 0 Å². The molecule has 2 aromatic heterocycles. The van der Waals surface area contributed by atoms with E-state index < -0.39 is 5.91 Å². The largest absolute Gasteiger partial charge is 0.408 e. The Balaban J connectivity index is 2.37. The quantitative estimate of drug-likeness (QED) is 0.869. The summed E-state index contributed by atoms with van der Waals surface area (Å²) in [5.74, 6) is -0.321. The second-order valence-electron chi connectivity index (χ2n) is 3.80. The molecule has 0 radical (unpaired) electrons. The molecule has 1 N–H and O–H groups in total. The van der Waals surface area contributed by atoms with Crippen LogP contribution in [0.1, 0.15) is 21.9 Å². The maximum absolute atomic E-state index is 12.0. The lowest BCUT2D eigenvalue weighted by Crippen LogP contribution is -2.27. The predicted molar refractivity (Wildman–Crippen MR) is 66.2 cm³/mol. The van der Waals surface area contributed by atoms with Crippen molar-refractivity contribution in [2.45, 2.75) is 13.8 Å². The van der Waals surface area contributed by atoms with Gasteiger partial charge in [0.05, 0.1) is 5.02 Å². The third-order valence-corrected chi connectivity index (χ3v) is 2.83. The van der Waals surface area contributed by atoms with Crippen LogP contribution in [0, 0.1) is 13.8 Å². The monoisotopic (exact) mass is 283 g/mol. The summed E-state index contributed by atoms with van der Waals surface area (Å²) < 4.78 is 6.04. The lowest BCUT2D eigenvalue weighted by Gasteiger charge is -2.06. The van der Waals surface area contributed by atoms with Crippen molar-refractivity contribution in [1.82, 2.24) is 20.0 Å². The molecule has 0 aliphatic carbocycles. The molecular weight excluding hydrogens is 274 g/mol. The molecule has 0 fully saturated rings. The van der Waals surface area contributed by atoms with Crippen molar-refractivity contribution in [2.24, 2.45) is 7.05 Å². The molecule has 2 aromatic rings. The number of hydrogen-bond acceptors (Lipinski definition) is 6. The minimum Gasteiger partial charge on any atom is -0.408 e. The summed E-state index contributed by atoms with van der Waals surface area (Å²) in [7, 11) is 1.43. The maximum Gasteiger partial charge on any atom is 0.322 e. The van der Waals surface area contributed by atoms with Gasteiger partial charge in [-0.2, -0.15) is 5.10 Å². The van der Waals surface area contributed by atoms with E-state index in [1.165, 1.54) is 14.0 Å². The van der Waals surface area contributed by atoms with Gasteiger partial charge in [0.2, 0.25) is 5.89 Å². The van der Waals surface area contributed by atoms with Gasteiger partial charge in [-0.05, 0) is 6.92 Å². The number of hydrogen-bond donors (Lipinski definition) is 1. The van der Waals surface area contributed by atoms with Crippen LogP contribution in [0.2, 0.25) is 5.02 Å². The lowest BCUT2D eigenvalue weighted by molar-refractivity contribution is 0.101. The van der Waals surface area contributed by atoms with Gasteiger partial charge >= 0.3 is 6.01 Å². The van der Waals surface area contributed by atoms with Gasteiger partial charge in [0.25, 0.3) is 11.5 Å². The summed E-state index contributed by atoms with van der Waals surface area (Å²) in [5, 5.41) is 13.3. The number of amides is 1. The second-order valence-corrected chi connectivity index (χ2v) is 4.17. The van der Waals surface area contributed by atoms with E-state index in [1.54, 1.807) is 6.92 Å². The van der Waals surface area contributed by atoms with Crippen LogP contribution in [0.5, 0.6) is 0 Å². The highest BCUT2D eigenvalue weighted by Gasteiger charge is 2.19. The zero-order valence-corrected chi connectivity index (χ0v) is 11.1. The van der Waals surface area contributed by atoms with E-state index in [-0.39, 0.29) is 27.9 Å². The van der Waals surface area contributed by atoms with Crippen molar-refractivity contribution < 1.29 is 9.21 Å². The van der Waals surface area contributed by atoms with Crippen molar-refractivity contribution in [3.05, 3.63) is 32.5 Å². The Kier molecular flexibility index (Phi) is 3.34. The summed E-state index contributed by atoms with van der Waals surface area (Å²) in [6, 6.07) is -0.0631. The number of nitrogens with one attached hydrogen (secondary N) is 1. The average molecular weight is 284 g/mol. The Hall–Kier alpha value is -2.22. The predicted octanol–water partition coefficient (Wildman–Crippen LogP) is 0.686. The molecule has 2 rings (SSSR count). The molecule has 2 heterocycles. The minimum atomic E-state index is -0.632. The molecule has 1 amide bonds. The summed E-state index contributed by atoms with van der Waals surface area (Å²) in [6.45, 7) is 3.10. The summed E-state index contributed by atoms with van der Waals surface area (Å²) in [4.78, 5) is 23.5. The van der Waals surface area contributed by atoms with Crippen molar-refractivity contribution in [3.63, 3.8) is 0 Å². The van der Waals surface area contributed by atoms with Crippen molar-refractivity contribution in [2.75, 3.05) is 5.32 Å². The third-order valence-electron chi connectivity index (χ3n) is 2.36. The van der Waals surface area contributed by atoms with Crippen LogP contribution in [0.4, 0.5) is 6.01 Å². The molecule has 0 atom stereocenters. The normalized spacial score (nSPS) is 10.5. The Morgan fingerprint density at radius 2 is 2.05 bits per heavy atom. The van der Waals surface area contributed by atoms with Gasteiger partial charge < -0.3 is 4.42 Å². The fraction of sp³-hybridized carbons (Fsp3) is 0.300. The molecule has 8 nitrogen and oxygen atoms in total. The molecule has 0 saturated heterocycles. The first-order valence-electron chi connectivity index (χ1n) is 5.25. The lowest BCUT2D eigenvalue weighted by atomic mass is 10.2. The van der Waals surface area contributed by atoms with Crippen LogP contribution in [-0.2, 0) is 7.05 Å². The van der Waals surface area contributed by atoms with E-state index in [4.69, 9.17) is 16.0 Å². The van der Waals surface area contributed by atoms with Gasteiger partial charge in [-0.15, -0.1) is 5.10 Å². The van der Waals surface area contributed by atoms with E-state index in [0.29, 0.717) is 5.89 Å².